The Hall–Kier alpha value is -2.49. The van der Waals surface area contributed by atoms with E-state index in [0.29, 0.717) is 5.02 Å². The molecule has 0 bridgehead atoms. The van der Waals surface area contributed by atoms with Crippen LogP contribution in [0.4, 0.5) is 4.39 Å². The Labute approximate surface area is 199 Å². The molecule has 0 saturated heterocycles. The van der Waals surface area contributed by atoms with Gasteiger partial charge < -0.3 is 10.2 Å². The number of hydrogen-bond donors (Lipinski definition) is 1. The summed E-state index contributed by atoms with van der Waals surface area (Å²) in [5.41, 5.74) is -0.336. The smallest absolute Gasteiger partial charge is 0.243 e. The third-order valence-corrected chi connectivity index (χ3v) is 6.91. The summed E-state index contributed by atoms with van der Waals surface area (Å²) >= 11 is 5.83. The Balaban J connectivity index is 2.31. The predicted octanol–water partition coefficient (Wildman–Crippen LogP) is 3.43. The molecule has 2 aromatic rings. The van der Waals surface area contributed by atoms with E-state index >= 15 is 0 Å². The van der Waals surface area contributed by atoms with Crippen LogP contribution in [-0.4, -0.2) is 54.6 Å². The Morgan fingerprint density at radius 2 is 1.67 bits per heavy atom. The Morgan fingerprint density at radius 1 is 1.09 bits per heavy atom. The molecule has 7 nitrogen and oxygen atoms in total. The van der Waals surface area contributed by atoms with Crippen LogP contribution in [0.25, 0.3) is 0 Å². The van der Waals surface area contributed by atoms with Crippen molar-refractivity contribution in [1.29, 1.82) is 0 Å². The molecular formula is C23H29ClFN3O4S. The van der Waals surface area contributed by atoms with Gasteiger partial charge in [-0.3, -0.25) is 9.59 Å². The van der Waals surface area contributed by atoms with Crippen LogP contribution in [0.15, 0.2) is 53.4 Å². The summed E-state index contributed by atoms with van der Waals surface area (Å²) in [7, 11) is -2.72. The van der Waals surface area contributed by atoms with E-state index in [-0.39, 0.29) is 17.0 Å². The second kappa shape index (κ2) is 10.6. The van der Waals surface area contributed by atoms with Gasteiger partial charge in [0.15, 0.2) is 0 Å². The maximum atomic E-state index is 14.3. The molecule has 0 aliphatic carbocycles. The Morgan fingerprint density at radius 3 is 2.21 bits per heavy atom. The molecule has 0 radical (unpaired) electrons. The topological polar surface area (TPSA) is 86.8 Å². The van der Waals surface area contributed by atoms with Crippen molar-refractivity contribution in [2.45, 2.75) is 50.7 Å². The van der Waals surface area contributed by atoms with Crippen molar-refractivity contribution < 1.29 is 22.4 Å². The van der Waals surface area contributed by atoms with Gasteiger partial charge in [0.1, 0.15) is 11.9 Å². The van der Waals surface area contributed by atoms with Crippen LogP contribution < -0.4 is 5.32 Å². The molecule has 33 heavy (non-hydrogen) atoms. The van der Waals surface area contributed by atoms with Gasteiger partial charge in [-0.2, -0.15) is 4.31 Å². The molecule has 0 aliphatic rings. The molecule has 180 valence electrons. The molecule has 0 heterocycles. The zero-order chi connectivity index (χ0) is 25.0. The second-order valence-electron chi connectivity index (χ2n) is 8.74. The van der Waals surface area contributed by atoms with Crippen LogP contribution >= 0.6 is 11.6 Å². The van der Waals surface area contributed by atoms with E-state index in [2.05, 4.69) is 5.32 Å². The molecule has 2 amide bonds. The van der Waals surface area contributed by atoms with Crippen molar-refractivity contribution in [1.82, 2.24) is 14.5 Å². The van der Waals surface area contributed by atoms with Crippen LogP contribution in [0.3, 0.4) is 0 Å². The summed E-state index contributed by atoms with van der Waals surface area (Å²) in [6, 6.07) is 10.5. The number of benzene rings is 2. The van der Waals surface area contributed by atoms with Crippen LogP contribution in [0.2, 0.25) is 5.02 Å². The summed E-state index contributed by atoms with van der Waals surface area (Å²) in [6.45, 7) is 6.19. The van der Waals surface area contributed by atoms with Crippen molar-refractivity contribution >= 4 is 33.4 Å². The molecular weight excluding hydrogens is 469 g/mol. The molecule has 0 aliphatic heterocycles. The number of sulfonamides is 1. The first-order valence-corrected chi connectivity index (χ1v) is 12.1. The number of likely N-dealkylation sites (N-methyl/N-ethyl adjacent to an activating group) is 1. The summed E-state index contributed by atoms with van der Waals surface area (Å²) in [6.07, 6.45) is 0. The number of nitrogens with one attached hydrogen (secondary N) is 1. The van der Waals surface area contributed by atoms with Crippen molar-refractivity contribution in [3.8, 4) is 0 Å². The molecule has 1 atom stereocenters. The van der Waals surface area contributed by atoms with Gasteiger partial charge in [0, 0.05) is 29.7 Å². The van der Waals surface area contributed by atoms with Gasteiger partial charge in [0.25, 0.3) is 0 Å². The molecule has 2 aromatic carbocycles. The zero-order valence-corrected chi connectivity index (χ0v) is 20.9. The fraction of sp³-hybridized carbons (Fsp3) is 0.391. The van der Waals surface area contributed by atoms with Gasteiger partial charge in [-0.15, -0.1) is 0 Å². The minimum Gasteiger partial charge on any atom is -0.350 e. The van der Waals surface area contributed by atoms with Gasteiger partial charge >= 0.3 is 0 Å². The number of amides is 2. The molecule has 0 saturated carbocycles. The lowest BCUT2D eigenvalue weighted by molar-refractivity contribution is -0.141. The second-order valence-corrected chi connectivity index (χ2v) is 11.2. The first-order chi connectivity index (χ1) is 15.2. The van der Waals surface area contributed by atoms with E-state index in [1.807, 2.05) is 0 Å². The van der Waals surface area contributed by atoms with Gasteiger partial charge in [-0.1, -0.05) is 29.8 Å². The number of carbonyl (C=O) groups excluding carboxylic acids is 2. The molecule has 1 N–H and O–H groups in total. The summed E-state index contributed by atoms with van der Waals surface area (Å²) < 4.78 is 40.9. The maximum Gasteiger partial charge on any atom is 0.243 e. The van der Waals surface area contributed by atoms with E-state index in [9.17, 15) is 22.4 Å². The highest BCUT2D eigenvalue weighted by molar-refractivity contribution is 7.89. The number of halogens is 2. The Kier molecular flexibility index (Phi) is 8.62. The zero-order valence-electron chi connectivity index (χ0n) is 19.3. The lowest BCUT2D eigenvalue weighted by Gasteiger charge is -2.32. The van der Waals surface area contributed by atoms with Crippen molar-refractivity contribution in [3.63, 3.8) is 0 Å². The SMILES string of the molecule is C[C@H](C(=O)NC(C)(C)C)N(Cc1ccccc1F)C(=O)CN(C)S(=O)(=O)c1ccc(Cl)cc1. The van der Waals surface area contributed by atoms with E-state index in [1.165, 1.54) is 61.3 Å². The van der Waals surface area contributed by atoms with Gasteiger partial charge in [-0.05, 0) is 58.0 Å². The summed E-state index contributed by atoms with van der Waals surface area (Å²) in [4.78, 5) is 27.1. The molecule has 0 spiro atoms. The Bertz CT molecular complexity index is 1100. The standard InChI is InChI=1S/C23H29ClFN3O4S/c1-16(22(30)26-23(2,3)4)28(14-17-8-6-7-9-20(17)25)21(29)15-27(5)33(31,32)19-12-10-18(24)11-13-19/h6-13,16H,14-15H2,1-5H3,(H,26,30)/t16-/m1/s1. The lowest BCUT2D eigenvalue weighted by Crippen LogP contribution is -2.54. The first kappa shape index (κ1) is 26.8. The average molecular weight is 498 g/mol. The van der Waals surface area contributed by atoms with E-state index in [0.717, 1.165) is 4.31 Å². The number of carbonyl (C=O) groups is 2. The lowest BCUT2D eigenvalue weighted by atomic mass is 10.1. The van der Waals surface area contributed by atoms with Gasteiger partial charge in [-0.25, -0.2) is 12.8 Å². The number of rotatable bonds is 8. The highest BCUT2D eigenvalue weighted by atomic mass is 35.5. The van der Waals surface area contributed by atoms with Crippen LogP contribution in [0.1, 0.15) is 33.3 Å². The van der Waals surface area contributed by atoms with Gasteiger partial charge in [0.2, 0.25) is 21.8 Å². The third kappa shape index (κ3) is 7.25. The first-order valence-electron chi connectivity index (χ1n) is 10.3. The molecule has 0 unspecified atom stereocenters. The minimum atomic E-state index is -3.99. The summed E-state index contributed by atoms with van der Waals surface area (Å²) in [5.74, 6) is -1.61. The van der Waals surface area contributed by atoms with Crippen LogP contribution in [0, 0.1) is 5.82 Å². The highest BCUT2D eigenvalue weighted by Crippen LogP contribution is 2.19. The number of hydrogen-bond acceptors (Lipinski definition) is 4. The molecule has 2 rings (SSSR count). The highest BCUT2D eigenvalue weighted by Gasteiger charge is 2.31. The fourth-order valence-electron chi connectivity index (χ4n) is 3.02. The monoisotopic (exact) mass is 497 g/mol. The maximum absolute atomic E-state index is 14.3. The molecule has 0 fully saturated rings. The van der Waals surface area contributed by atoms with Crippen LogP contribution in [0.5, 0.6) is 0 Å². The van der Waals surface area contributed by atoms with Crippen molar-refractivity contribution in [3.05, 3.63) is 64.9 Å². The molecule has 10 heteroatoms. The quantitative estimate of drug-likeness (QED) is 0.605. The minimum absolute atomic E-state index is 0.0265. The molecule has 0 aromatic heterocycles. The third-order valence-electron chi connectivity index (χ3n) is 4.84. The van der Waals surface area contributed by atoms with Gasteiger partial charge in [0.05, 0.1) is 11.4 Å². The van der Waals surface area contributed by atoms with Crippen molar-refractivity contribution in [2.75, 3.05) is 13.6 Å². The predicted molar refractivity (Wildman–Crippen MR) is 126 cm³/mol. The average Bonchev–Trinajstić information content (AvgIpc) is 2.71. The van der Waals surface area contributed by atoms with Crippen LogP contribution in [-0.2, 0) is 26.2 Å². The van der Waals surface area contributed by atoms with Crippen molar-refractivity contribution in [2.24, 2.45) is 0 Å². The number of nitrogens with zero attached hydrogens (tertiary/aromatic N) is 2. The van der Waals surface area contributed by atoms with E-state index in [4.69, 9.17) is 11.6 Å². The fourth-order valence-corrected chi connectivity index (χ4v) is 4.27. The van der Waals surface area contributed by atoms with E-state index in [1.54, 1.807) is 26.8 Å². The van der Waals surface area contributed by atoms with E-state index < -0.39 is 45.8 Å². The summed E-state index contributed by atoms with van der Waals surface area (Å²) in [5, 5.41) is 3.18. The largest absolute Gasteiger partial charge is 0.350 e. The normalized spacial score (nSPS) is 13.0.